The molecule has 20 heavy (non-hydrogen) atoms. The van der Waals surface area contributed by atoms with Crippen LogP contribution in [0.3, 0.4) is 0 Å². The number of hydrogen-bond donors (Lipinski definition) is 2. The Kier molecular flexibility index (Phi) is 3.70. The lowest BCUT2D eigenvalue weighted by Crippen LogP contribution is -2.27. The molecule has 2 N–H and O–H groups in total. The minimum atomic E-state index is 0.272. The highest BCUT2D eigenvalue weighted by Crippen LogP contribution is 2.33. The van der Waals surface area contributed by atoms with Crippen molar-refractivity contribution in [1.29, 1.82) is 0 Å². The zero-order valence-electron chi connectivity index (χ0n) is 11.7. The predicted octanol–water partition coefficient (Wildman–Crippen LogP) is 3.52. The van der Waals surface area contributed by atoms with Gasteiger partial charge in [0, 0.05) is 24.5 Å². The fourth-order valence-corrected chi connectivity index (χ4v) is 3.00. The summed E-state index contributed by atoms with van der Waals surface area (Å²) in [5.74, 6) is 0.365. The van der Waals surface area contributed by atoms with Crippen molar-refractivity contribution >= 4 is 0 Å². The van der Waals surface area contributed by atoms with Crippen LogP contribution in [0, 0.1) is 0 Å². The first-order chi connectivity index (χ1) is 9.74. The normalized spacial score (nSPS) is 19.4. The molecule has 0 amide bonds. The van der Waals surface area contributed by atoms with Gasteiger partial charge in [0.05, 0.1) is 0 Å². The van der Waals surface area contributed by atoms with Gasteiger partial charge in [-0.25, -0.2) is 0 Å². The van der Waals surface area contributed by atoms with E-state index in [-0.39, 0.29) is 6.04 Å². The number of aromatic hydroxyl groups is 1. The minimum Gasteiger partial charge on any atom is -0.508 e. The number of aryl methyl sites for hydroxylation is 1. The van der Waals surface area contributed by atoms with E-state index in [1.165, 1.54) is 16.7 Å². The zero-order valence-corrected chi connectivity index (χ0v) is 11.7. The Hall–Kier alpha value is -1.87. The molecule has 1 heterocycles. The number of phenols is 1. The van der Waals surface area contributed by atoms with Gasteiger partial charge in [-0.1, -0.05) is 12.1 Å². The zero-order chi connectivity index (χ0) is 13.9. The van der Waals surface area contributed by atoms with E-state index in [4.69, 9.17) is 0 Å². The molecule has 2 aromatic rings. The number of nitrogens with one attached hydrogen (secondary N) is 1. The van der Waals surface area contributed by atoms with E-state index in [0.29, 0.717) is 11.8 Å². The van der Waals surface area contributed by atoms with Crippen LogP contribution in [0.4, 0.5) is 0 Å². The molecule has 3 heteroatoms. The SMILES string of the molecule is C[C@@H](NC1CCCc2cc(O)ccc21)c1cccnc1. The number of aromatic nitrogens is 1. The molecular formula is C17H20N2O. The smallest absolute Gasteiger partial charge is 0.115 e. The van der Waals surface area contributed by atoms with Gasteiger partial charge >= 0.3 is 0 Å². The van der Waals surface area contributed by atoms with Crippen molar-refractivity contribution in [3.8, 4) is 5.75 Å². The molecule has 1 aromatic heterocycles. The quantitative estimate of drug-likeness (QED) is 0.895. The molecule has 1 aliphatic carbocycles. The van der Waals surface area contributed by atoms with Gasteiger partial charge in [-0.3, -0.25) is 4.98 Å². The highest BCUT2D eigenvalue weighted by molar-refractivity contribution is 5.38. The lowest BCUT2D eigenvalue weighted by molar-refractivity contribution is 0.412. The third-order valence-corrected chi connectivity index (χ3v) is 4.08. The second-order valence-corrected chi connectivity index (χ2v) is 5.50. The summed E-state index contributed by atoms with van der Waals surface area (Å²) in [5, 5.41) is 13.3. The number of fused-ring (bicyclic) bond motifs is 1. The largest absolute Gasteiger partial charge is 0.508 e. The summed E-state index contributed by atoms with van der Waals surface area (Å²) < 4.78 is 0. The van der Waals surface area contributed by atoms with Crippen LogP contribution in [-0.2, 0) is 6.42 Å². The van der Waals surface area contributed by atoms with E-state index in [1.807, 2.05) is 18.3 Å². The third kappa shape index (κ3) is 2.68. The maximum atomic E-state index is 9.61. The maximum absolute atomic E-state index is 9.61. The second kappa shape index (κ2) is 5.63. The fourth-order valence-electron chi connectivity index (χ4n) is 3.00. The van der Waals surface area contributed by atoms with Gasteiger partial charge in [-0.05, 0) is 61.1 Å². The first-order valence-corrected chi connectivity index (χ1v) is 7.22. The van der Waals surface area contributed by atoms with Crippen LogP contribution in [0.1, 0.15) is 48.5 Å². The van der Waals surface area contributed by atoms with Gasteiger partial charge in [-0.15, -0.1) is 0 Å². The molecule has 104 valence electrons. The summed E-state index contributed by atoms with van der Waals surface area (Å²) in [6, 6.07) is 10.4. The minimum absolute atomic E-state index is 0.272. The number of phenolic OH excluding ortho intramolecular Hbond substituents is 1. The van der Waals surface area contributed by atoms with Crippen molar-refractivity contribution < 1.29 is 5.11 Å². The number of benzene rings is 1. The van der Waals surface area contributed by atoms with Gasteiger partial charge < -0.3 is 10.4 Å². The first kappa shape index (κ1) is 13.1. The van der Waals surface area contributed by atoms with Gasteiger partial charge in [-0.2, -0.15) is 0 Å². The van der Waals surface area contributed by atoms with Crippen LogP contribution in [0.15, 0.2) is 42.7 Å². The van der Waals surface area contributed by atoms with Gasteiger partial charge in [0.25, 0.3) is 0 Å². The molecule has 3 nitrogen and oxygen atoms in total. The Labute approximate surface area is 119 Å². The Morgan fingerprint density at radius 1 is 1.35 bits per heavy atom. The topological polar surface area (TPSA) is 45.1 Å². The molecule has 0 spiro atoms. The van der Waals surface area contributed by atoms with E-state index in [0.717, 1.165) is 19.3 Å². The lowest BCUT2D eigenvalue weighted by Gasteiger charge is -2.29. The average Bonchev–Trinajstić information content (AvgIpc) is 2.48. The van der Waals surface area contributed by atoms with Crippen LogP contribution in [0.2, 0.25) is 0 Å². The predicted molar refractivity (Wildman–Crippen MR) is 79.6 cm³/mol. The van der Waals surface area contributed by atoms with Crippen molar-refractivity contribution in [2.45, 2.75) is 38.3 Å². The van der Waals surface area contributed by atoms with Crippen molar-refractivity contribution in [2.24, 2.45) is 0 Å². The van der Waals surface area contributed by atoms with Gasteiger partial charge in [0.2, 0.25) is 0 Å². The molecule has 0 aliphatic heterocycles. The summed E-state index contributed by atoms with van der Waals surface area (Å²) in [6.07, 6.45) is 7.08. The van der Waals surface area contributed by atoms with E-state index in [9.17, 15) is 5.11 Å². The van der Waals surface area contributed by atoms with Crippen molar-refractivity contribution in [2.75, 3.05) is 0 Å². The molecule has 1 aromatic carbocycles. The highest BCUT2D eigenvalue weighted by atomic mass is 16.3. The van der Waals surface area contributed by atoms with Crippen LogP contribution in [0.25, 0.3) is 0 Å². The Morgan fingerprint density at radius 3 is 3.05 bits per heavy atom. The molecule has 0 radical (unpaired) electrons. The van der Waals surface area contributed by atoms with Crippen LogP contribution in [-0.4, -0.2) is 10.1 Å². The molecule has 3 rings (SSSR count). The molecule has 1 aliphatic rings. The monoisotopic (exact) mass is 268 g/mol. The third-order valence-electron chi connectivity index (χ3n) is 4.08. The molecule has 0 saturated heterocycles. The molecule has 0 saturated carbocycles. The summed E-state index contributed by atoms with van der Waals surface area (Å²) in [6.45, 7) is 2.17. The summed E-state index contributed by atoms with van der Waals surface area (Å²) in [4.78, 5) is 4.18. The first-order valence-electron chi connectivity index (χ1n) is 7.22. The van der Waals surface area contributed by atoms with Crippen LogP contribution >= 0.6 is 0 Å². The fraction of sp³-hybridized carbons (Fsp3) is 0.353. The number of hydrogen-bond acceptors (Lipinski definition) is 3. The second-order valence-electron chi connectivity index (χ2n) is 5.50. The number of pyridine rings is 1. The molecule has 0 bridgehead atoms. The highest BCUT2D eigenvalue weighted by Gasteiger charge is 2.22. The summed E-state index contributed by atoms with van der Waals surface area (Å²) >= 11 is 0. The summed E-state index contributed by atoms with van der Waals surface area (Å²) in [5.41, 5.74) is 3.80. The van der Waals surface area contributed by atoms with Crippen LogP contribution < -0.4 is 5.32 Å². The van der Waals surface area contributed by atoms with E-state index < -0.39 is 0 Å². The average molecular weight is 268 g/mol. The van der Waals surface area contributed by atoms with Crippen LogP contribution in [0.5, 0.6) is 5.75 Å². The molecule has 0 fully saturated rings. The van der Waals surface area contributed by atoms with Crippen molar-refractivity contribution in [3.63, 3.8) is 0 Å². The Balaban J connectivity index is 1.80. The standard InChI is InChI=1S/C17H20N2O/c1-12(14-5-3-9-18-11-14)19-17-6-2-4-13-10-15(20)7-8-16(13)17/h3,5,7-12,17,19-20H,2,4,6H2,1H3/t12-,17?/m1/s1. The van der Waals surface area contributed by atoms with E-state index >= 15 is 0 Å². The maximum Gasteiger partial charge on any atom is 0.115 e. The molecule has 1 unspecified atom stereocenters. The Morgan fingerprint density at radius 2 is 2.25 bits per heavy atom. The number of nitrogens with zero attached hydrogens (tertiary/aromatic N) is 1. The molecular weight excluding hydrogens is 248 g/mol. The Bertz CT molecular complexity index is 583. The van der Waals surface area contributed by atoms with Gasteiger partial charge in [0.1, 0.15) is 5.75 Å². The lowest BCUT2D eigenvalue weighted by atomic mass is 9.87. The van der Waals surface area contributed by atoms with Crippen molar-refractivity contribution in [3.05, 3.63) is 59.4 Å². The van der Waals surface area contributed by atoms with Gasteiger partial charge in [0.15, 0.2) is 0 Å². The number of rotatable bonds is 3. The van der Waals surface area contributed by atoms with E-state index in [2.05, 4.69) is 29.4 Å². The van der Waals surface area contributed by atoms with Crippen molar-refractivity contribution in [1.82, 2.24) is 10.3 Å². The van der Waals surface area contributed by atoms with E-state index in [1.54, 1.807) is 12.3 Å². The molecule has 2 atom stereocenters. The summed E-state index contributed by atoms with van der Waals surface area (Å²) in [7, 11) is 0.